The van der Waals surface area contributed by atoms with Crippen LogP contribution in [0.2, 0.25) is 0 Å². The Morgan fingerprint density at radius 2 is 1.89 bits per heavy atom. The lowest BCUT2D eigenvalue weighted by molar-refractivity contribution is -0.137. The van der Waals surface area contributed by atoms with E-state index in [9.17, 15) is 13.2 Å². The highest BCUT2D eigenvalue weighted by Gasteiger charge is 2.30. The van der Waals surface area contributed by atoms with Crippen LogP contribution >= 0.6 is 0 Å². The average molecular weight is 374 g/mol. The van der Waals surface area contributed by atoms with E-state index in [1.165, 1.54) is 19.2 Å². The third kappa shape index (κ3) is 3.40. The molecule has 0 bridgehead atoms. The zero-order chi connectivity index (χ0) is 19.0. The Bertz CT molecular complexity index is 1010. The molecule has 0 N–H and O–H groups in total. The number of halogens is 3. The van der Waals surface area contributed by atoms with Crippen LogP contribution in [0.4, 0.5) is 18.9 Å². The van der Waals surface area contributed by atoms with Crippen molar-refractivity contribution in [2.75, 3.05) is 7.11 Å². The number of hydrogen-bond donors (Lipinski definition) is 0. The highest BCUT2D eigenvalue weighted by molar-refractivity contribution is 5.95. The second-order valence-corrected chi connectivity index (χ2v) is 5.94. The van der Waals surface area contributed by atoms with Gasteiger partial charge < -0.3 is 9.15 Å². The van der Waals surface area contributed by atoms with Gasteiger partial charge in [-0.1, -0.05) is 0 Å². The molecule has 3 aromatic rings. The summed E-state index contributed by atoms with van der Waals surface area (Å²) in [5.74, 6) is 0.955. The van der Waals surface area contributed by atoms with Crippen LogP contribution in [0.3, 0.4) is 0 Å². The predicted octanol–water partition coefficient (Wildman–Crippen LogP) is 4.03. The lowest BCUT2D eigenvalue weighted by Crippen LogP contribution is -2.04. The van der Waals surface area contributed by atoms with Crippen molar-refractivity contribution in [1.82, 2.24) is 15.2 Å². The Morgan fingerprint density at radius 3 is 2.59 bits per heavy atom. The van der Waals surface area contributed by atoms with Gasteiger partial charge in [0, 0.05) is 23.9 Å². The van der Waals surface area contributed by atoms with Crippen LogP contribution in [0, 0.1) is 0 Å². The summed E-state index contributed by atoms with van der Waals surface area (Å²) in [4.78, 5) is 8.63. The van der Waals surface area contributed by atoms with E-state index in [2.05, 4.69) is 20.2 Å². The summed E-state index contributed by atoms with van der Waals surface area (Å²) < 4.78 is 48.7. The predicted molar refractivity (Wildman–Crippen MR) is 90.0 cm³/mol. The number of nitrogens with zero attached hydrogens (tertiary/aromatic N) is 4. The van der Waals surface area contributed by atoms with Crippen LogP contribution in [0.5, 0.6) is 5.88 Å². The SMILES string of the molecule is COc1nccc2c1N=C(Cc1nnc(-c3ccc(C(F)(F)F)cc3)o1)C2. The lowest BCUT2D eigenvalue weighted by Gasteiger charge is -2.05. The first-order chi connectivity index (χ1) is 12.9. The van der Waals surface area contributed by atoms with Crippen molar-refractivity contribution >= 4 is 11.4 Å². The van der Waals surface area contributed by atoms with E-state index < -0.39 is 11.7 Å². The summed E-state index contributed by atoms with van der Waals surface area (Å²) in [7, 11) is 1.53. The van der Waals surface area contributed by atoms with Crippen molar-refractivity contribution in [3.63, 3.8) is 0 Å². The van der Waals surface area contributed by atoms with Gasteiger partial charge in [-0.05, 0) is 35.9 Å². The molecule has 0 aliphatic carbocycles. The van der Waals surface area contributed by atoms with E-state index in [-0.39, 0.29) is 5.89 Å². The molecule has 4 rings (SSSR count). The fraction of sp³-hybridized carbons (Fsp3) is 0.222. The maximum Gasteiger partial charge on any atom is 0.416 e. The molecule has 0 saturated carbocycles. The zero-order valence-electron chi connectivity index (χ0n) is 14.1. The molecule has 9 heteroatoms. The number of alkyl halides is 3. The van der Waals surface area contributed by atoms with Crippen LogP contribution in [0.25, 0.3) is 11.5 Å². The first-order valence-corrected chi connectivity index (χ1v) is 8.02. The van der Waals surface area contributed by atoms with Crippen molar-refractivity contribution in [3.05, 3.63) is 53.5 Å². The molecule has 1 aliphatic rings. The quantitative estimate of drug-likeness (QED) is 0.689. The van der Waals surface area contributed by atoms with Gasteiger partial charge in [0.05, 0.1) is 19.1 Å². The van der Waals surface area contributed by atoms with Crippen LogP contribution in [-0.4, -0.2) is 28.0 Å². The van der Waals surface area contributed by atoms with Gasteiger partial charge in [-0.3, -0.25) is 4.99 Å². The summed E-state index contributed by atoms with van der Waals surface area (Å²) in [5.41, 5.74) is 2.20. The molecule has 0 spiro atoms. The van der Waals surface area contributed by atoms with Crippen LogP contribution in [-0.2, 0) is 19.0 Å². The number of aliphatic imine (C=N–C) groups is 1. The Hall–Kier alpha value is -3.23. The number of aromatic nitrogens is 3. The first kappa shape index (κ1) is 17.2. The minimum atomic E-state index is -4.38. The molecular weight excluding hydrogens is 361 g/mol. The Kier molecular flexibility index (Phi) is 4.14. The summed E-state index contributed by atoms with van der Waals surface area (Å²) in [6.07, 6.45) is -1.77. The highest BCUT2D eigenvalue weighted by Crippen LogP contribution is 2.35. The van der Waals surface area contributed by atoms with Gasteiger partial charge in [-0.15, -0.1) is 10.2 Å². The topological polar surface area (TPSA) is 73.4 Å². The van der Waals surface area contributed by atoms with E-state index in [1.807, 2.05) is 6.07 Å². The van der Waals surface area contributed by atoms with E-state index >= 15 is 0 Å². The molecule has 1 aromatic carbocycles. The van der Waals surface area contributed by atoms with Crippen LogP contribution in [0.1, 0.15) is 17.0 Å². The molecule has 0 fully saturated rings. The minimum Gasteiger partial charge on any atom is -0.479 e. The molecule has 3 heterocycles. The first-order valence-electron chi connectivity index (χ1n) is 8.02. The van der Waals surface area contributed by atoms with Crippen molar-refractivity contribution in [2.24, 2.45) is 4.99 Å². The minimum absolute atomic E-state index is 0.161. The maximum atomic E-state index is 12.6. The number of hydrogen-bond acceptors (Lipinski definition) is 6. The van der Waals surface area contributed by atoms with Gasteiger partial charge >= 0.3 is 6.18 Å². The largest absolute Gasteiger partial charge is 0.479 e. The van der Waals surface area contributed by atoms with Crippen molar-refractivity contribution < 1.29 is 22.3 Å². The van der Waals surface area contributed by atoms with E-state index in [0.717, 1.165) is 23.4 Å². The number of rotatable bonds is 4. The summed E-state index contributed by atoms with van der Waals surface area (Å²) >= 11 is 0. The number of ether oxygens (including phenoxy) is 1. The van der Waals surface area contributed by atoms with E-state index in [4.69, 9.17) is 9.15 Å². The molecule has 0 radical (unpaired) electrons. The van der Waals surface area contributed by atoms with Gasteiger partial charge in [0.25, 0.3) is 0 Å². The monoisotopic (exact) mass is 374 g/mol. The number of fused-ring (bicyclic) bond motifs is 1. The molecule has 1 aliphatic heterocycles. The molecule has 0 amide bonds. The maximum absolute atomic E-state index is 12.6. The third-order valence-corrected chi connectivity index (χ3v) is 4.11. The number of pyridine rings is 1. The van der Waals surface area contributed by atoms with Crippen LogP contribution in [0.15, 0.2) is 45.9 Å². The smallest absolute Gasteiger partial charge is 0.416 e. The normalized spacial score (nSPS) is 13.4. The van der Waals surface area contributed by atoms with Gasteiger partial charge in [0.15, 0.2) is 0 Å². The molecule has 138 valence electrons. The Balaban J connectivity index is 1.51. The second kappa shape index (κ2) is 6.49. The zero-order valence-corrected chi connectivity index (χ0v) is 14.1. The molecule has 27 heavy (non-hydrogen) atoms. The Labute approximate surface area is 151 Å². The lowest BCUT2D eigenvalue weighted by atomic mass is 10.1. The fourth-order valence-electron chi connectivity index (χ4n) is 2.82. The van der Waals surface area contributed by atoms with E-state index in [1.54, 1.807) is 6.20 Å². The molecule has 6 nitrogen and oxygen atoms in total. The molecule has 0 saturated heterocycles. The van der Waals surface area contributed by atoms with Gasteiger partial charge in [-0.2, -0.15) is 13.2 Å². The summed E-state index contributed by atoms with van der Waals surface area (Å²) in [5, 5.41) is 7.88. The van der Waals surface area contributed by atoms with Gasteiger partial charge in [0.1, 0.15) is 5.69 Å². The number of methoxy groups -OCH3 is 1. The molecule has 0 atom stereocenters. The standard InChI is InChI=1S/C18H13F3N4O2/c1-26-17-15-11(6-7-22-17)8-13(23-15)9-14-24-25-16(27-14)10-2-4-12(5-3-10)18(19,20)21/h2-7H,8-9H2,1H3. The van der Waals surface area contributed by atoms with Crippen molar-refractivity contribution in [3.8, 4) is 17.3 Å². The number of benzene rings is 1. The third-order valence-electron chi connectivity index (χ3n) is 4.11. The van der Waals surface area contributed by atoms with E-state index in [0.29, 0.717) is 35.9 Å². The van der Waals surface area contributed by atoms with Gasteiger partial charge in [-0.25, -0.2) is 4.98 Å². The Morgan fingerprint density at radius 1 is 1.11 bits per heavy atom. The molecular formula is C18H13F3N4O2. The highest BCUT2D eigenvalue weighted by atomic mass is 19.4. The van der Waals surface area contributed by atoms with Gasteiger partial charge in [0.2, 0.25) is 17.7 Å². The van der Waals surface area contributed by atoms with Crippen molar-refractivity contribution in [1.29, 1.82) is 0 Å². The summed E-state index contributed by atoms with van der Waals surface area (Å²) in [6, 6.07) is 6.45. The fourth-order valence-corrected chi connectivity index (χ4v) is 2.82. The summed E-state index contributed by atoms with van der Waals surface area (Å²) in [6.45, 7) is 0. The molecule has 0 unspecified atom stereocenters. The van der Waals surface area contributed by atoms with Crippen molar-refractivity contribution in [2.45, 2.75) is 19.0 Å². The second-order valence-electron chi connectivity index (χ2n) is 5.94. The average Bonchev–Trinajstić information content (AvgIpc) is 3.27. The molecule has 2 aromatic heterocycles. The van der Waals surface area contributed by atoms with Crippen LogP contribution < -0.4 is 4.74 Å².